The van der Waals surface area contributed by atoms with Gasteiger partial charge in [0.05, 0.1) is 17.8 Å². The maximum atomic E-state index is 11.9. The average molecular weight is 292 g/mol. The summed E-state index contributed by atoms with van der Waals surface area (Å²) in [5, 5.41) is 11.9. The third-order valence-electron chi connectivity index (χ3n) is 3.24. The lowest BCUT2D eigenvalue weighted by Crippen LogP contribution is -2.48. The maximum absolute atomic E-state index is 11.9. The molecule has 1 heterocycles. The largest absolute Gasteiger partial charge is 0.482 e. The van der Waals surface area contributed by atoms with Crippen LogP contribution < -0.4 is 15.0 Å². The Morgan fingerprint density at radius 2 is 2.14 bits per heavy atom. The number of rotatable bonds is 5. The second-order valence-electron chi connectivity index (χ2n) is 5.64. The third kappa shape index (κ3) is 3.72. The van der Waals surface area contributed by atoms with E-state index >= 15 is 0 Å². The van der Waals surface area contributed by atoms with Gasteiger partial charge in [-0.2, -0.15) is 0 Å². The lowest BCUT2D eigenvalue weighted by molar-refractivity contribution is -0.123. The highest BCUT2D eigenvalue weighted by Gasteiger charge is 2.26. The number of nitrogens with zero attached hydrogens (tertiary/aromatic N) is 1. The number of anilines is 1. The molecule has 1 aromatic carbocycles. The van der Waals surface area contributed by atoms with Crippen molar-refractivity contribution in [2.75, 3.05) is 24.7 Å². The molecule has 114 valence electrons. The maximum Gasteiger partial charge on any atom is 0.265 e. The molecule has 0 radical (unpaired) electrons. The fourth-order valence-electron chi connectivity index (χ4n) is 2.09. The number of nitrogens with one attached hydrogen (secondary N) is 1. The van der Waals surface area contributed by atoms with Gasteiger partial charge >= 0.3 is 0 Å². The number of ether oxygens (including phenoxy) is 1. The number of hydrogen-bond acceptors (Lipinski definition) is 4. The van der Waals surface area contributed by atoms with Crippen LogP contribution in [0, 0.1) is 0 Å². The molecular formula is C15H20N2O4. The Morgan fingerprint density at radius 3 is 2.86 bits per heavy atom. The fraction of sp³-hybridized carbons (Fsp3) is 0.467. The Morgan fingerprint density at radius 1 is 1.43 bits per heavy atom. The molecule has 0 saturated carbocycles. The van der Waals surface area contributed by atoms with E-state index in [2.05, 4.69) is 5.32 Å². The van der Waals surface area contributed by atoms with Gasteiger partial charge in [0.1, 0.15) is 5.75 Å². The van der Waals surface area contributed by atoms with Gasteiger partial charge in [-0.05, 0) is 26.0 Å². The van der Waals surface area contributed by atoms with Crippen LogP contribution in [0.15, 0.2) is 24.3 Å². The highest BCUT2D eigenvalue weighted by Crippen LogP contribution is 2.31. The number of carbonyl (C=O) groups excluding carboxylic acids is 2. The van der Waals surface area contributed by atoms with Crippen molar-refractivity contribution >= 4 is 17.5 Å². The molecule has 6 heteroatoms. The Kier molecular flexibility index (Phi) is 4.47. The Labute approximate surface area is 123 Å². The predicted octanol–water partition coefficient (Wildman–Crippen LogP) is 0.689. The quantitative estimate of drug-likeness (QED) is 0.837. The molecule has 0 saturated heterocycles. The zero-order valence-corrected chi connectivity index (χ0v) is 12.3. The smallest absolute Gasteiger partial charge is 0.265 e. The number of carbonyl (C=O) groups is 2. The van der Waals surface area contributed by atoms with Crippen LogP contribution in [0.2, 0.25) is 0 Å². The SMILES string of the molecule is CC(C)(CO)NC(=O)CCN1C(=O)COc2ccccc21. The van der Waals surface area contributed by atoms with Gasteiger partial charge < -0.3 is 20.1 Å². The molecule has 2 amide bonds. The number of aliphatic hydroxyl groups excluding tert-OH is 1. The molecule has 2 rings (SSSR count). The lowest BCUT2D eigenvalue weighted by atomic mass is 10.1. The van der Waals surface area contributed by atoms with E-state index in [1.807, 2.05) is 12.1 Å². The van der Waals surface area contributed by atoms with E-state index in [4.69, 9.17) is 9.84 Å². The average Bonchev–Trinajstić information content (AvgIpc) is 2.46. The zero-order valence-electron chi connectivity index (χ0n) is 12.3. The standard InChI is InChI=1S/C15H20N2O4/c1-15(2,10-18)16-13(19)7-8-17-11-5-3-4-6-12(11)21-9-14(17)20/h3-6,18H,7-10H2,1-2H3,(H,16,19). The molecule has 0 aliphatic carbocycles. The highest BCUT2D eigenvalue weighted by molar-refractivity contribution is 5.98. The molecular weight excluding hydrogens is 272 g/mol. The minimum absolute atomic E-state index is 0.0131. The summed E-state index contributed by atoms with van der Waals surface area (Å²) in [6.07, 6.45) is 0.170. The van der Waals surface area contributed by atoms with Crippen LogP contribution >= 0.6 is 0 Å². The minimum atomic E-state index is -0.663. The summed E-state index contributed by atoms with van der Waals surface area (Å²) in [7, 11) is 0. The summed E-state index contributed by atoms with van der Waals surface area (Å²) in [4.78, 5) is 25.4. The first-order valence-electron chi connectivity index (χ1n) is 6.87. The topological polar surface area (TPSA) is 78.9 Å². The van der Waals surface area contributed by atoms with Crippen LogP contribution in [0.25, 0.3) is 0 Å². The van der Waals surface area contributed by atoms with E-state index in [0.717, 1.165) is 0 Å². The van der Waals surface area contributed by atoms with Crippen molar-refractivity contribution < 1.29 is 19.4 Å². The van der Waals surface area contributed by atoms with Crippen LogP contribution in [-0.2, 0) is 9.59 Å². The molecule has 0 spiro atoms. The number of aliphatic hydroxyl groups is 1. The number of hydrogen-bond donors (Lipinski definition) is 2. The molecule has 6 nitrogen and oxygen atoms in total. The second kappa shape index (κ2) is 6.13. The third-order valence-corrected chi connectivity index (χ3v) is 3.24. The number of fused-ring (bicyclic) bond motifs is 1. The molecule has 0 atom stereocenters. The Bertz CT molecular complexity index is 542. The predicted molar refractivity (Wildman–Crippen MR) is 78.2 cm³/mol. The minimum Gasteiger partial charge on any atom is -0.482 e. The Balaban J connectivity index is 2.00. The van der Waals surface area contributed by atoms with E-state index in [9.17, 15) is 9.59 Å². The number of amides is 2. The summed E-state index contributed by atoms with van der Waals surface area (Å²) < 4.78 is 5.35. The summed E-state index contributed by atoms with van der Waals surface area (Å²) in [6, 6.07) is 7.25. The first-order chi connectivity index (χ1) is 9.93. The number of benzene rings is 1. The fourth-order valence-corrected chi connectivity index (χ4v) is 2.09. The van der Waals surface area contributed by atoms with Crippen molar-refractivity contribution in [1.82, 2.24) is 5.32 Å². The molecule has 1 aromatic rings. The summed E-state index contributed by atoms with van der Waals surface area (Å²) in [5.41, 5.74) is 0.0206. The van der Waals surface area contributed by atoms with Crippen LogP contribution in [0.1, 0.15) is 20.3 Å². The Hall–Kier alpha value is -2.08. The van der Waals surface area contributed by atoms with E-state index in [1.54, 1.807) is 30.9 Å². The van der Waals surface area contributed by atoms with Crippen LogP contribution in [-0.4, -0.2) is 42.2 Å². The van der Waals surface area contributed by atoms with Crippen molar-refractivity contribution in [3.05, 3.63) is 24.3 Å². The molecule has 21 heavy (non-hydrogen) atoms. The van der Waals surface area contributed by atoms with E-state index < -0.39 is 5.54 Å². The first-order valence-corrected chi connectivity index (χ1v) is 6.87. The number of para-hydroxylation sites is 2. The van der Waals surface area contributed by atoms with Gasteiger partial charge in [0.2, 0.25) is 5.91 Å². The monoisotopic (exact) mass is 292 g/mol. The molecule has 1 aliphatic heterocycles. The van der Waals surface area contributed by atoms with Gasteiger partial charge in [0, 0.05) is 13.0 Å². The normalized spacial score (nSPS) is 14.4. The van der Waals surface area contributed by atoms with Crippen molar-refractivity contribution in [2.24, 2.45) is 0 Å². The summed E-state index contributed by atoms with van der Waals surface area (Å²) in [5.74, 6) is 0.280. The summed E-state index contributed by atoms with van der Waals surface area (Å²) in [6.45, 7) is 3.60. The molecule has 0 aromatic heterocycles. The second-order valence-corrected chi connectivity index (χ2v) is 5.64. The first kappa shape index (κ1) is 15.3. The van der Waals surface area contributed by atoms with E-state index in [-0.39, 0.29) is 38.0 Å². The van der Waals surface area contributed by atoms with E-state index in [1.165, 1.54) is 0 Å². The van der Waals surface area contributed by atoms with Crippen molar-refractivity contribution in [1.29, 1.82) is 0 Å². The highest BCUT2D eigenvalue weighted by atomic mass is 16.5. The zero-order chi connectivity index (χ0) is 15.5. The van der Waals surface area contributed by atoms with E-state index in [0.29, 0.717) is 11.4 Å². The molecule has 0 unspecified atom stereocenters. The van der Waals surface area contributed by atoms with Gasteiger partial charge in [-0.3, -0.25) is 9.59 Å². The van der Waals surface area contributed by atoms with Gasteiger partial charge in [-0.1, -0.05) is 12.1 Å². The summed E-state index contributed by atoms with van der Waals surface area (Å²) >= 11 is 0. The molecule has 0 bridgehead atoms. The lowest BCUT2D eigenvalue weighted by Gasteiger charge is -2.30. The molecule has 1 aliphatic rings. The van der Waals surface area contributed by atoms with Gasteiger partial charge in [-0.25, -0.2) is 0 Å². The van der Waals surface area contributed by atoms with Crippen molar-refractivity contribution in [3.63, 3.8) is 0 Å². The van der Waals surface area contributed by atoms with Gasteiger partial charge in [-0.15, -0.1) is 0 Å². The van der Waals surface area contributed by atoms with Gasteiger partial charge in [0.15, 0.2) is 6.61 Å². The van der Waals surface area contributed by atoms with Gasteiger partial charge in [0.25, 0.3) is 5.91 Å². The molecule has 2 N–H and O–H groups in total. The van der Waals surface area contributed by atoms with Crippen LogP contribution in [0.3, 0.4) is 0 Å². The molecule has 0 fully saturated rings. The van der Waals surface area contributed by atoms with Crippen molar-refractivity contribution in [2.45, 2.75) is 25.8 Å². The van der Waals surface area contributed by atoms with Crippen LogP contribution in [0.4, 0.5) is 5.69 Å². The van der Waals surface area contributed by atoms with Crippen molar-refractivity contribution in [3.8, 4) is 5.75 Å². The van der Waals surface area contributed by atoms with Crippen LogP contribution in [0.5, 0.6) is 5.75 Å².